The molecule has 1 aromatic rings. The molecule has 2 atom stereocenters. The molecule has 6 nitrogen and oxygen atoms in total. The molecule has 2 unspecified atom stereocenters. The van der Waals surface area contributed by atoms with Crippen LogP contribution in [0.15, 0.2) is 18.2 Å². The first kappa shape index (κ1) is 14.7. The summed E-state index contributed by atoms with van der Waals surface area (Å²) in [5.41, 5.74) is 1.71. The van der Waals surface area contributed by atoms with E-state index in [1.54, 1.807) is 12.1 Å². The van der Waals surface area contributed by atoms with Crippen LogP contribution in [0.25, 0.3) is 0 Å². The third kappa shape index (κ3) is 3.91. The van der Waals surface area contributed by atoms with Gasteiger partial charge in [0.1, 0.15) is 5.69 Å². The Balaban J connectivity index is 2.00. The standard InChI is InChI=1S/C14H21N3O3/c1-10-3-4-14(17(18)19)13(7-10)16-11(2)8-12-9-20-6-5-15-12/h3-4,7,11-12,15-16H,5-6,8-9H2,1-2H3. The Morgan fingerprint density at radius 3 is 3.05 bits per heavy atom. The number of hydrogen-bond acceptors (Lipinski definition) is 5. The first-order valence-electron chi connectivity index (χ1n) is 6.89. The van der Waals surface area contributed by atoms with Crippen LogP contribution in [0.3, 0.4) is 0 Å². The Labute approximate surface area is 118 Å². The number of ether oxygens (including phenoxy) is 1. The molecule has 0 radical (unpaired) electrons. The fourth-order valence-corrected chi connectivity index (χ4v) is 2.45. The Bertz CT molecular complexity index is 473. The van der Waals surface area contributed by atoms with E-state index < -0.39 is 0 Å². The minimum Gasteiger partial charge on any atom is -0.379 e. The van der Waals surface area contributed by atoms with Gasteiger partial charge in [-0.1, -0.05) is 6.07 Å². The molecule has 0 spiro atoms. The summed E-state index contributed by atoms with van der Waals surface area (Å²) < 4.78 is 5.42. The molecule has 0 amide bonds. The molecule has 1 fully saturated rings. The van der Waals surface area contributed by atoms with Crippen LogP contribution in [0.1, 0.15) is 18.9 Å². The fraction of sp³-hybridized carbons (Fsp3) is 0.571. The predicted molar refractivity (Wildman–Crippen MR) is 78.1 cm³/mol. The van der Waals surface area contributed by atoms with Crippen LogP contribution in [0, 0.1) is 17.0 Å². The Morgan fingerprint density at radius 2 is 2.40 bits per heavy atom. The summed E-state index contributed by atoms with van der Waals surface area (Å²) in [5.74, 6) is 0. The largest absolute Gasteiger partial charge is 0.379 e. The highest BCUT2D eigenvalue weighted by Gasteiger charge is 2.19. The van der Waals surface area contributed by atoms with E-state index in [1.807, 2.05) is 19.9 Å². The van der Waals surface area contributed by atoms with E-state index in [1.165, 1.54) is 0 Å². The lowest BCUT2D eigenvalue weighted by atomic mass is 10.1. The maximum Gasteiger partial charge on any atom is 0.292 e. The number of morpholine rings is 1. The van der Waals surface area contributed by atoms with Crippen LogP contribution in [-0.4, -0.2) is 36.8 Å². The van der Waals surface area contributed by atoms with Gasteiger partial charge in [-0.2, -0.15) is 0 Å². The van der Waals surface area contributed by atoms with Gasteiger partial charge in [0.2, 0.25) is 0 Å². The maximum atomic E-state index is 11.0. The summed E-state index contributed by atoms with van der Waals surface area (Å²) in [5, 5.41) is 17.7. The van der Waals surface area contributed by atoms with E-state index >= 15 is 0 Å². The minimum atomic E-state index is -0.351. The molecule has 1 saturated heterocycles. The lowest BCUT2D eigenvalue weighted by Gasteiger charge is -2.27. The Morgan fingerprint density at radius 1 is 1.60 bits per heavy atom. The molecule has 0 saturated carbocycles. The van der Waals surface area contributed by atoms with E-state index in [2.05, 4.69) is 10.6 Å². The fourth-order valence-electron chi connectivity index (χ4n) is 2.45. The summed E-state index contributed by atoms with van der Waals surface area (Å²) in [6.45, 7) is 6.27. The molecule has 2 rings (SSSR count). The number of nitrogens with one attached hydrogen (secondary N) is 2. The van der Waals surface area contributed by atoms with E-state index in [9.17, 15) is 10.1 Å². The second kappa shape index (κ2) is 6.67. The first-order chi connectivity index (χ1) is 9.56. The van der Waals surface area contributed by atoms with Crippen molar-refractivity contribution in [3.8, 4) is 0 Å². The number of nitro benzene ring substituents is 1. The van der Waals surface area contributed by atoms with Gasteiger partial charge in [-0.3, -0.25) is 10.1 Å². The zero-order chi connectivity index (χ0) is 14.5. The smallest absolute Gasteiger partial charge is 0.292 e. The van der Waals surface area contributed by atoms with E-state index in [-0.39, 0.29) is 16.7 Å². The maximum absolute atomic E-state index is 11.0. The van der Waals surface area contributed by atoms with E-state index in [0.717, 1.165) is 25.1 Å². The van der Waals surface area contributed by atoms with Crippen molar-refractivity contribution >= 4 is 11.4 Å². The van der Waals surface area contributed by atoms with Crippen molar-refractivity contribution in [2.24, 2.45) is 0 Å². The number of benzene rings is 1. The van der Waals surface area contributed by atoms with E-state index in [0.29, 0.717) is 18.3 Å². The minimum absolute atomic E-state index is 0.121. The topological polar surface area (TPSA) is 76.4 Å². The molecule has 1 aromatic carbocycles. The third-order valence-corrected chi connectivity index (χ3v) is 3.39. The molecule has 1 aliphatic rings. The normalized spacial score (nSPS) is 20.4. The van der Waals surface area contributed by atoms with Crippen LogP contribution in [-0.2, 0) is 4.74 Å². The summed E-state index contributed by atoms with van der Waals surface area (Å²) >= 11 is 0. The highest BCUT2D eigenvalue weighted by molar-refractivity contribution is 5.63. The van der Waals surface area contributed by atoms with Gasteiger partial charge < -0.3 is 15.4 Å². The second-order valence-electron chi connectivity index (χ2n) is 5.28. The van der Waals surface area contributed by atoms with Crippen molar-refractivity contribution < 1.29 is 9.66 Å². The first-order valence-corrected chi connectivity index (χ1v) is 6.89. The number of nitro groups is 1. The SMILES string of the molecule is Cc1ccc([N+](=O)[O-])c(NC(C)CC2COCCN2)c1. The average molecular weight is 279 g/mol. The average Bonchev–Trinajstić information content (AvgIpc) is 2.39. The molecule has 20 heavy (non-hydrogen) atoms. The number of aryl methyl sites for hydroxylation is 1. The van der Waals surface area contributed by atoms with Gasteiger partial charge in [-0.05, 0) is 31.9 Å². The zero-order valence-corrected chi connectivity index (χ0v) is 11.9. The number of nitrogens with zero attached hydrogens (tertiary/aromatic N) is 1. The van der Waals surface area contributed by atoms with Gasteiger partial charge in [0.15, 0.2) is 0 Å². The molecule has 1 aliphatic heterocycles. The molecule has 0 aromatic heterocycles. The number of anilines is 1. The van der Waals surface area contributed by atoms with Crippen LogP contribution < -0.4 is 10.6 Å². The van der Waals surface area contributed by atoms with Crippen molar-refractivity contribution in [3.63, 3.8) is 0 Å². The molecule has 6 heteroatoms. The summed E-state index contributed by atoms with van der Waals surface area (Å²) in [7, 11) is 0. The monoisotopic (exact) mass is 279 g/mol. The molecule has 110 valence electrons. The number of hydrogen-bond donors (Lipinski definition) is 2. The van der Waals surface area contributed by atoms with Gasteiger partial charge in [-0.25, -0.2) is 0 Å². The van der Waals surface area contributed by atoms with Crippen molar-refractivity contribution in [2.75, 3.05) is 25.1 Å². The summed E-state index contributed by atoms with van der Waals surface area (Å²) in [6.07, 6.45) is 0.866. The Hall–Kier alpha value is -1.66. The van der Waals surface area contributed by atoms with Crippen molar-refractivity contribution in [2.45, 2.75) is 32.4 Å². The zero-order valence-electron chi connectivity index (χ0n) is 11.9. The third-order valence-electron chi connectivity index (χ3n) is 3.39. The van der Waals surface area contributed by atoms with Gasteiger partial charge in [0.25, 0.3) is 5.69 Å². The van der Waals surface area contributed by atoms with Crippen molar-refractivity contribution in [1.29, 1.82) is 0 Å². The Kier molecular flexibility index (Phi) is 4.92. The summed E-state index contributed by atoms with van der Waals surface area (Å²) in [4.78, 5) is 10.7. The van der Waals surface area contributed by atoms with E-state index in [4.69, 9.17) is 4.74 Å². The van der Waals surface area contributed by atoms with Gasteiger partial charge in [-0.15, -0.1) is 0 Å². The molecule has 2 N–H and O–H groups in total. The van der Waals surface area contributed by atoms with Crippen LogP contribution in [0.4, 0.5) is 11.4 Å². The van der Waals surface area contributed by atoms with Gasteiger partial charge in [0.05, 0.1) is 18.1 Å². The number of rotatable bonds is 5. The van der Waals surface area contributed by atoms with Crippen molar-refractivity contribution in [3.05, 3.63) is 33.9 Å². The second-order valence-corrected chi connectivity index (χ2v) is 5.28. The highest BCUT2D eigenvalue weighted by atomic mass is 16.6. The van der Waals surface area contributed by atoms with Crippen molar-refractivity contribution in [1.82, 2.24) is 5.32 Å². The van der Waals surface area contributed by atoms with Gasteiger partial charge >= 0.3 is 0 Å². The van der Waals surface area contributed by atoms with Crippen LogP contribution >= 0.6 is 0 Å². The highest BCUT2D eigenvalue weighted by Crippen LogP contribution is 2.26. The van der Waals surface area contributed by atoms with Crippen LogP contribution in [0.5, 0.6) is 0 Å². The van der Waals surface area contributed by atoms with Gasteiger partial charge in [0, 0.05) is 24.7 Å². The molecule has 0 aliphatic carbocycles. The quantitative estimate of drug-likeness (QED) is 0.637. The molecular formula is C14H21N3O3. The predicted octanol–water partition coefficient (Wildman–Crippen LogP) is 2.08. The lowest BCUT2D eigenvalue weighted by molar-refractivity contribution is -0.384. The molecule has 0 bridgehead atoms. The molecule has 1 heterocycles. The van der Waals surface area contributed by atoms with Crippen LogP contribution in [0.2, 0.25) is 0 Å². The molecular weight excluding hydrogens is 258 g/mol. The lowest BCUT2D eigenvalue weighted by Crippen LogP contribution is -2.43. The summed E-state index contributed by atoms with van der Waals surface area (Å²) in [6, 6.07) is 5.56.